The molecule has 1 fully saturated rings. The fourth-order valence-electron chi connectivity index (χ4n) is 2.18. The van der Waals surface area contributed by atoms with Crippen LogP contribution in [0.2, 0.25) is 5.22 Å². The molecule has 2 rings (SSSR count). The maximum absolute atomic E-state index is 11.7. The smallest absolute Gasteiger partial charge is 0.256 e. The monoisotopic (exact) mass is 241 g/mol. The minimum Gasteiger partial charge on any atom is -0.452 e. The van der Waals surface area contributed by atoms with Gasteiger partial charge in [-0.05, 0) is 36.4 Å². The molecule has 1 heterocycles. The first-order valence-electron chi connectivity index (χ1n) is 5.78. The van der Waals surface area contributed by atoms with Crippen molar-refractivity contribution < 1.29 is 9.21 Å². The van der Waals surface area contributed by atoms with Crippen LogP contribution < -0.4 is 5.32 Å². The van der Waals surface area contributed by atoms with Gasteiger partial charge >= 0.3 is 0 Å². The SMILES string of the molecule is O=C(NCC1CCCCC1)c1ccoc1Cl. The van der Waals surface area contributed by atoms with Crippen LogP contribution in [0.15, 0.2) is 16.7 Å². The molecule has 1 saturated carbocycles. The first-order valence-corrected chi connectivity index (χ1v) is 6.16. The second kappa shape index (κ2) is 5.39. The van der Waals surface area contributed by atoms with Crippen LogP contribution in [0.3, 0.4) is 0 Å². The van der Waals surface area contributed by atoms with Crippen molar-refractivity contribution >= 4 is 17.5 Å². The first kappa shape index (κ1) is 11.5. The zero-order chi connectivity index (χ0) is 11.4. The van der Waals surface area contributed by atoms with Gasteiger partial charge in [-0.15, -0.1) is 0 Å². The lowest BCUT2D eigenvalue weighted by Gasteiger charge is -2.21. The molecule has 1 amide bonds. The minimum atomic E-state index is -0.135. The standard InChI is InChI=1S/C12H16ClNO2/c13-11-10(6-7-16-11)12(15)14-8-9-4-2-1-3-5-9/h6-7,9H,1-5,8H2,(H,14,15). The van der Waals surface area contributed by atoms with Gasteiger partial charge in [0.1, 0.15) is 0 Å². The van der Waals surface area contributed by atoms with Gasteiger partial charge in [0, 0.05) is 6.54 Å². The molecule has 1 aliphatic carbocycles. The number of carbonyl (C=O) groups excluding carboxylic acids is 1. The average molecular weight is 242 g/mol. The second-order valence-corrected chi connectivity index (χ2v) is 4.67. The lowest BCUT2D eigenvalue weighted by atomic mass is 9.89. The number of nitrogens with one attached hydrogen (secondary N) is 1. The predicted molar refractivity (Wildman–Crippen MR) is 62.6 cm³/mol. The molecule has 1 aromatic heterocycles. The second-order valence-electron chi connectivity index (χ2n) is 4.32. The summed E-state index contributed by atoms with van der Waals surface area (Å²) in [6.07, 6.45) is 7.77. The molecule has 1 N–H and O–H groups in total. The zero-order valence-electron chi connectivity index (χ0n) is 9.17. The molecule has 0 radical (unpaired) electrons. The third-order valence-electron chi connectivity index (χ3n) is 3.14. The lowest BCUT2D eigenvalue weighted by Crippen LogP contribution is -2.30. The van der Waals surface area contributed by atoms with Crippen molar-refractivity contribution in [3.63, 3.8) is 0 Å². The Morgan fingerprint density at radius 2 is 2.19 bits per heavy atom. The summed E-state index contributed by atoms with van der Waals surface area (Å²) in [5, 5.41) is 3.08. The Labute approximate surface area is 100 Å². The maximum Gasteiger partial charge on any atom is 0.256 e. The van der Waals surface area contributed by atoms with Crippen molar-refractivity contribution in [3.8, 4) is 0 Å². The Kier molecular flexibility index (Phi) is 3.88. The maximum atomic E-state index is 11.7. The molecule has 0 aliphatic heterocycles. The van der Waals surface area contributed by atoms with Crippen LogP contribution in [-0.4, -0.2) is 12.5 Å². The Morgan fingerprint density at radius 1 is 1.44 bits per heavy atom. The summed E-state index contributed by atoms with van der Waals surface area (Å²) in [5.41, 5.74) is 0.428. The molecule has 1 aliphatic rings. The van der Waals surface area contributed by atoms with Crippen molar-refractivity contribution in [2.75, 3.05) is 6.54 Å². The number of amides is 1. The molecule has 3 nitrogen and oxygen atoms in total. The number of furan rings is 1. The molecular weight excluding hydrogens is 226 g/mol. The Hall–Kier alpha value is -0.960. The van der Waals surface area contributed by atoms with E-state index in [1.54, 1.807) is 6.07 Å². The number of hydrogen-bond donors (Lipinski definition) is 1. The molecule has 0 spiro atoms. The third kappa shape index (κ3) is 2.79. The van der Waals surface area contributed by atoms with Crippen molar-refractivity contribution in [2.24, 2.45) is 5.92 Å². The number of hydrogen-bond acceptors (Lipinski definition) is 2. The van der Waals surface area contributed by atoms with E-state index in [1.807, 2.05) is 0 Å². The van der Waals surface area contributed by atoms with Gasteiger partial charge in [0.2, 0.25) is 5.22 Å². The van der Waals surface area contributed by atoms with E-state index in [4.69, 9.17) is 16.0 Å². The molecule has 0 bridgehead atoms. The summed E-state index contributed by atoms with van der Waals surface area (Å²) in [6, 6.07) is 1.60. The fourth-order valence-corrected chi connectivity index (χ4v) is 2.38. The summed E-state index contributed by atoms with van der Waals surface area (Å²) in [6.45, 7) is 0.750. The van der Waals surface area contributed by atoms with Crippen molar-refractivity contribution in [1.82, 2.24) is 5.32 Å². The fraction of sp³-hybridized carbons (Fsp3) is 0.583. The molecule has 1 aromatic rings. The highest BCUT2D eigenvalue weighted by Gasteiger charge is 2.17. The van der Waals surface area contributed by atoms with Crippen LogP contribution >= 0.6 is 11.6 Å². The van der Waals surface area contributed by atoms with Crippen molar-refractivity contribution in [2.45, 2.75) is 32.1 Å². The third-order valence-corrected chi connectivity index (χ3v) is 3.43. The summed E-state index contributed by atoms with van der Waals surface area (Å²) in [4.78, 5) is 11.7. The number of halogens is 1. The molecule has 16 heavy (non-hydrogen) atoms. The van der Waals surface area contributed by atoms with Crippen LogP contribution in [0.4, 0.5) is 0 Å². The Balaban J connectivity index is 1.81. The normalized spacial score (nSPS) is 17.3. The van der Waals surface area contributed by atoms with Gasteiger partial charge in [-0.1, -0.05) is 19.3 Å². The van der Waals surface area contributed by atoms with Gasteiger partial charge in [-0.2, -0.15) is 0 Å². The summed E-state index contributed by atoms with van der Waals surface area (Å²) < 4.78 is 4.88. The molecule has 0 aromatic carbocycles. The lowest BCUT2D eigenvalue weighted by molar-refractivity contribution is 0.0943. The van der Waals surface area contributed by atoms with Crippen molar-refractivity contribution in [3.05, 3.63) is 23.1 Å². The Bertz CT molecular complexity index is 356. The first-order chi connectivity index (χ1) is 7.77. The van der Waals surface area contributed by atoms with E-state index >= 15 is 0 Å². The van der Waals surface area contributed by atoms with E-state index in [1.165, 1.54) is 38.4 Å². The predicted octanol–water partition coefficient (Wildman–Crippen LogP) is 3.24. The van der Waals surface area contributed by atoms with Crippen LogP contribution in [0.25, 0.3) is 0 Å². The van der Waals surface area contributed by atoms with Crippen LogP contribution in [0.1, 0.15) is 42.5 Å². The molecule has 0 atom stereocenters. The van der Waals surface area contributed by atoms with Crippen molar-refractivity contribution in [1.29, 1.82) is 0 Å². The van der Waals surface area contributed by atoms with Gasteiger partial charge < -0.3 is 9.73 Å². The van der Waals surface area contributed by atoms with E-state index in [-0.39, 0.29) is 11.1 Å². The molecule has 0 saturated heterocycles. The van der Waals surface area contributed by atoms with Gasteiger partial charge in [0.25, 0.3) is 5.91 Å². The van der Waals surface area contributed by atoms with Gasteiger partial charge in [-0.25, -0.2) is 0 Å². The van der Waals surface area contributed by atoms with E-state index in [0.29, 0.717) is 11.5 Å². The van der Waals surface area contributed by atoms with E-state index < -0.39 is 0 Å². The zero-order valence-corrected chi connectivity index (χ0v) is 9.93. The highest BCUT2D eigenvalue weighted by Crippen LogP contribution is 2.23. The highest BCUT2D eigenvalue weighted by molar-refractivity contribution is 6.32. The minimum absolute atomic E-state index is 0.135. The quantitative estimate of drug-likeness (QED) is 0.883. The topological polar surface area (TPSA) is 42.2 Å². The van der Waals surface area contributed by atoms with Crippen LogP contribution in [0, 0.1) is 5.92 Å². The summed E-state index contributed by atoms with van der Waals surface area (Å²) in [7, 11) is 0. The van der Waals surface area contributed by atoms with E-state index in [2.05, 4.69) is 5.32 Å². The largest absolute Gasteiger partial charge is 0.452 e. The van der Waals surface area contributed by atoms with E-state index in [0.717, 1.165) is 6.54 Å². The van der Waals surface area contributed by atoms with Gasteiger partial charge in [0.15, 0.2) is 0 Å². The Morgan fingerprint density at radius 3 is 2.81 bits per heavy atom. The molecule has 4 heteroatoms. The molecular formula is C12H16ClNO2. The number of rotatable bonds is 3. The van der Waals surface area contributed by atoms with E-state index in [9.17, 15) is 4.79 Å². The summed E-state index contributed by atoms with van der Waals surface area (Å²) in [5.74, 6) is 0.493. The average Bonchev–Trinajstić information content (AvgIpc) is 2.74. The van der Waals surface area contributed by atoms with Crippen LogP contribution in [-0.2, 0) is 0 Å². The molecule has 0 unspecified atom stereocenters. The highest BCUT2D eigenvalue weighted by atomic mass is 35.5. The van der Waals surface area contributed by atoms with Crippen LogP contribution in [0.5, 0.6) is 0 Å². The summed E-state index contributed by atoms with van der Waals surface area (Å²) >= 11 is 5.73. The number of carbonyl (C=O) groups is 1. The van der Waals surface area contributed by atoms with Gasteiger partial charge in [0.05, 0.1) is 11.8 Å². The molecule has 88 valence electrons. The van der Waals surface area contributed by atoms with Gasteiger partial charge in [-0.3, -0.25) is 4.79 Å².